The van der Waals surface area contributed by atoms with Gasteiger partial charge in [0.2, 0.25) is 0 Å². The summed E-state index contributed by atoms with van der Waals surface area (Å²) in [6.45, 7) is 10.7. The van der Waals surface area contributed by atoms with Crippen LogP contribution in [0.3, 0.4) is 0 Å². The van der Waals surface area contributed by atoms with Crippen molar-refractivity contribution in [3.8, 4) is 11.5 Å². The van der Waals surface area contributed by atoms with Crippen LogP contribution in [0.2, 0.25) is 0 Å². The van der Waals surface area contributed by atoms with Gasteiger partial charge in [-0.2, -0.15) is 0 Å². The molecular formula is C29H34N2O3. The van der Waals surface area contributed by atoms with E-state index in [-0.39, 0.29) is 5.91 Å². The van der Waals surface area contributed by atoms with E-state index in [2.05, 4.69) is 48.2 Å². The summed E-state index contributed by atoms with van der Waals surface area (Å²) in [6, 6.07) is 20.4. The van der Waals surface area contributed by atoms with Gasteiger partial charge in [0.05, 0.1) is 7.11 Å². The molecule has 178 valence electrons. The van der Waals surface area contributed by atoms with Gasteiger partial charge in [-0.3, -0.25) is 9.69 Å². The van der Waals surface area contributed by atoms with Gasteiger partial charge >= 0.3 is 0 Å². The predicted molar refractivity (Wildman–Crippen MR) is 136 cm³/mol. The maximum absolute atomic E-state index is 13.3. The Morgan fingerprint density at radius 3 is 2.35 bits per heavy atom. The Balaban J connectivity index is 1.39. The predicted octanol–water partition coefficient (Wildman–Crippen LogP) is 5.16. The summed E-state index contributed by atoms with van der Waals surface area (Å²) in [4.78, 5) is 17.6. The van der Waals surface area contributed by atoms with Crippen LogP contribution in [0.1, 0.15) is 38.2 Å². The summed E-state index contributed by atoms with van der Waals surface area (Å²) in [5.41, 5.74) is 6.38. The van der Waals surface area contributed by atoms with Crippen molar-refractivity contribution in [2.24, 2.45) is 0 Å². The fourth-order valence-electron chi connectivity index (χ4n) is 4.40. The molecule has 3 aromatic rings. The number of hydrogen-bond acceptors (Lipinski definition) is 4. The molecule has 1 aliphatic heterocycles. The van der Waals surface area contributed by atoms with Crippen LogP contribution < -0.4 is 9.47 Å². The van der Waals surface area contributed by atoms with Crippen LogP contribution >= 0.6 is 0 Å². The fourth-order valence-corrected chi connectivity index (χ4v) is 4.40. The maximum Gasteiger partial charge on any atom is 0.253 e. The Kier molecular flexibility index (Phi) is 7.53. The average Bonchev–Trinajstić information content (AvgIpc) is 2.84. The molecule has 34 heavy (non-hydrogen) atoms. The standard InChI is InChI=1S/C29H34N2O3/c1-21-6-5-7-24(16-21)19-30-12-14-31(15-13-30)29(32)25-10-11-27(33-4)26(18-25)20-34-28-17-22(2)8-9-23(28)3/h5-11,16-18H,12-15,19-20H2,1-4H3. The first-order valence-electron chi connectivity index (χ1n) is 11.9. The smallest absolute Gasteiger partial charge is 0.253 e. The lowest BCUT2D eigenvalue weighted by molar-refractivity contribution is 0.0628. The monoisotopic (exact) mass is 458 g/mol. The van der Waals surface area contributed by atoms with Gasteiger partial charge in [0.1, 0.15) is 18.1 Å². The fraction of sp³-hybridized carbons (Fsp3) is 0.345. The number of amides is 1. The van der Waals surface area contributed by atoms with Crippen molar-refractivity contribution >= 4 is 5.91 Å². The largest absolute Gasteiger partial charge is 0.496 e. The average molecular weight is 459 g/mol. The van der Waals surface area contributed by atoms with Gasteiger partial charge in [0, 0.05) is 43.9 Å². The minimum absolute atomic E-state index is 0.0610. The highest BCUT2D eigenvalue weighted by atomic mass is 16.5. The second kappa shape index (κ2) is 10.7. The number of carbonyl (C=O) groups excluding carboxylic acids is 1. The SMILES string of the molecule is COc1ccc(C(=O)N2CCN(Cc3cccc(C)c3)CC2)cc1COc1cc(C)ccc1C. The molecule has 0 radical (unpaired) electrons. The third-order valence-electron chi connectivity index (χ3n) is 6.40. The number of nitrogens with zero attached hydrogens (tertiary/aromatic N) is 2. The minimum Gasteiger partial charge on any atom is -0.496 e. The first-order chi connectivity index (χ1) is 16.4. The van der Waals surface area contributed by atoms with Gasteiger partial charge in [-0.25, -0.2) is 0 Å². The van der Waals surface area contributed by atoms with Gasteiger partial charge < -0.3 is 14.4 Å². The molecule has 0 aliphatic carbocycles. The van der Waals surface area contributed by atoms with E-state index in [0.717, 1.165) is 60.9 Å². The molecule has 4 rings (SSSR count). The van der Waals surface area contributed by atoms with Gasteiger partial charge in [0.15, 0.2) is 0 Å². The highest BCUT2D eigenvalue weighted by molar-refractivity contribution is 5.94. The van der Waals surface area contributed by atoms with Crippen LogP contribution in [-0.2, 0) is 13.2 Å². The Labute approximate surface area is 202 Å². The van der Waals surface area contributed by atoms with Crippen molar-refractivity contribution in [2.75, 3.05) is 33.3 Å². The van der Waals surface area contributed by atoms with Gasteiger partial charge in [0.25, 0.3) is 5.91 Å². The van der Waals surface area contributed by atoms with E-state index in [0.29, 0.717) is 12.2 Å². The number of aryl methyl sites for hydroxylation is 3. The molecule has 0 atom stereocenters. The highest BCUT2D eigenvalue weighted by Crippen LogP contribution is 2.25. The summed E-state index contributed by atoms with van der Waals surface area (Å²) in [5, 5.41) is 0. The van der Waals surface area contributed by atoms with Crippen molar-refractivity contribution in [1.82, 2.24) is 9.80 Å². The quantitative estimate of drug-likeness (QED) is 0.491. The van der Waals surface area contributed by atoms with E-state index in [4.69, 9.17) is 9.47 Å². The third kappa shape index (κ3) is 5.78. The second-order valence-corrected chi connectivity index (χ2v) is 9.14. The summed E-state index contributed by atoms with van der Waals surface area (Å²) >= 11 is 0. The highest BCUT2D eigenvalue weighted by Gasteiger charge is 2.23. The molecule has 1 saturated heterocycles. The zero-order valence-electron chi connectivity index (χ0n) is 20.6. The van der Waals surface area contributed by atoms with E-state index in [9.17, 15) is 4.79 Å². The molecule has 1 amide bonds. The van der Waals surface area contributed by atoms with Crippen LogP contribution in [-0.4, -0.2) is 49.0 Å². The minimum atomic E-state index is 0.0610. The number of carbonyl (C=O) groups is 1. The number of methoxy groups -OCH3 is 1. The van der Waals surface area contributed by atoms with Gasteiger partial charge in [-0.1, -0.05) is 42.0 Å². The summed E-state index contributed by atoms with van der Waals surface area (Å²) in [6.07, 6.45) is 0. The molecule has 5 nitrogen and oxygen atoms in total. The van der Waals surface area contributed by atoms with E-state index < -0.39 is 0 Å². The number of benzene rings is 3. The van der Waals surface area contributed by atoms with E-state index >= 15 is 0 Å². The molecular weight excluding hydrogens is 424 g/mol. The maximum atomic E-state index is 13.3. The lowest BCUT2D eigenvalue weighted by Crippen LogP contribution is -2.48. The van der Waals surface area contributed by atoms with Crippen LogP contribution in [0.5, 0.6) is 11.5 Å². The molecule has 0 spiro atoms. The summed E-state index contributed by atoms with van der Waals surface area (Å²) < 4.78 is 11.6. The Morgan fingerprint density at radius 2 is 1.62 bits per heavy atom. The van der Waals surface area contributed by atoms with Gasteiger partial charge in [-0.15, -0.1) is 0 Å². The molecule has 5 heteroatoms. The molecule has 1 heterocycles. The number of hydrogen-bond donors (Lipinski definition) is 0. The van der Waals surface area contributed by atoms with Crippen molar-refractivity contribution in [3.63, 3.8) is 0 Å². The zero-order chi connectivity index (χ0) is 24.1. The Bertz CT molecular complexity index is 1150. The van der Waals surface area contributed by atoms with Crippen LogP contribution in [0.25, 0.3) is 0 Å². The van der Waals surface area contributed by atoms with Crippen LogP contribution in [0, 0.1) is 20.8 Å². The second-order valence-electron chi connectivity index (χ2n) is 9.14. The molecule has 3 aromatic carbocycles. The zero-order valence-corrected chi connectivity index (χ0v) is 20.6. The molecule has 0 unspecified atom stereocenters. The van der Waals surface area contributed by atoms with Crippen molar-refractivity contribution in [1.29, 1.82) is 0 Å². The number of piperazine rings is 1. The third-order valence-corrected chi connectivity index (χ3v) is 6.40. The van der Waals surface area contributed by atoms with E-state index in [1.54, 1.807) is 7.11 Å². The molecule has 1 fully saturated rings. The lowest BCUT2D eigenvalue weighted by atomic mass is 10.1. The molecule has 1 aliphatic rings. The van der Waals surface area contributed by atoms with Crippen molar-refractivity contribution < 1.29 is 14.3 Å². The molecule has 0 saturated carbocycles. The Morgan fingerprint density at radius 1 is 0.853 bits per heavy atom. The van der Waals surface area contributed by atoms with Crippen molar-refractivity contribution in [2.45, 2.75) is 33.9 Å². The number of rotatable bonds is 7. The Hall–Kier alpha value is -3.31. The van der Waals surface area contributed by atoms with Crippen LogP contribution in [0.4, 0.5) is 0 Å². The summed E-state index contributed by atoms with van der Waals surface area (Å²) in [7, 11) is 1.64. The van der Waals surface area contributed by atoms with Crippen molar-refractivity contribution in [3.05, 3.63) is 94.0 Å². The first kappa shape index (κ1) is 23.8. The van der Waals surface area contributed by atoms with Gasteiger partial charge in [-0.05, 0) is 61.7 Å². The molecule has 0 bridgehead atoms. The summed E-state index contributed by atoms with van der Waals surface area (Å²) in [5.74, 6) is 1.64. The van der Waals surface area contributed by atoms with E-state index in [1.165, 1.54) is 11.1 Å². The van der Waals surface area contributed by atoms with E-state index in [1.807, 2.05) is 43.0 Å². The lowest BCUT2D eigenvalue weighted by Gasteiger charge is -2.35. The normalized spacial score (nSPS) is 14.2. The topological polar surface area (TPSA) is 42.0 Å². The number of ether oxygens (including phenoxy) is 2. The molecule has 0 aromatic heterocycles. The molecule has 0 N–H and O–H groups in total. The van der Waals surface area contributed by atoms with Crippen LogP contribution in [0.15, 0.2) is 60.7 Å². The first-order valence-corrected chi connectivity index (χ1v) is 11.9.